The lowest BCUT2D eigenvalue weighted by Crippen LogP contribution is -2.45. The normalized spacial score (nSPS) is 18.8. The third-order valence-corrected chi connectivity index (χ3v) is 3.72. The van der Waals surface area contributed by atoms with Crippen molar-refractivity contribution in [3.05, 3.63) is 27.9 Å². The summed E-state index contributed by atoms with van der Waals surface area (Å²) in [6, 6.07) is 1.39. The van der Waals surface area contributed by atoms with Crippen LogP contribution in [0.3, 0.4) is 0 Å². The fourth-order valence-electron chi connectivity index (χ4n) is 2.52. The lowest BCUT2D eigenvalue weighted by molar-refractivity contribution is -0.385. The van der Waals surface area contributed by atoms with Gasteiger partial charge in [-0.05, 0) is 26.9 Å². The number of pyridine rings is 1. The predicted octanol–water partition coefficient (Wildman–Crippen LogP) is 1.22. The SMILES string of the molecule is CN(C)C1CCCN(c2ncc([N+](=O)[O-])cc2C(=O)O)C1. The Balaban J connectivity index is 2.34. The second kappa shape index (κ2) is 6.04. The van der Waals surface area contributed by atoms with Gasteiger partial charge in [-0.15, -0.1) is 0 Å². The van der Waals surface area contributed by atoms with Crippen LogP contribution in [0.4, 0.5) is 11.5 Å². The summed E-state index contributed by atoms with van der Waals surface area (Å²) < 4.78 is 0. The van der Waals surface area contributed by atoms with Crippen molar-refractivity contribution in [2.75, 3.05) is 32.1 Å². The fraction of sp³-hybridized carbons (Fsp3) is 0.538. The van der Waals surface area contributed by atoms with Crippen LogP contribution in [0.1, 0.15) is 23.2 Å². The Hall–Kier alpha value is -2.22. The van der Waals surface area contributed by atoms with Gasteiger partial charge in [-0.3, -0.25) is 10.1 Å². The molecule has 1 aromatic rings. The highest BCUT2D eigenvalue weighted by atomic mass is 16.6. The number of aromatic nitrogens is 1. The number of anilines is 1. The van der Waals surface area contributed by atoms with Crippen LogP contribution in [0, 0.1) is 10.1 Å². The van der Waals surface area contributed by atoms with E-state index in [1.54, 1.807) is 0 Å². The first-order chi connectivity index (χ1) is 9.90. The van der Waals surface area contributed by atoms with Crippen molar-refractivity contribution in [2.24, 2.45) is 0 Å². The van der Waals surface area contributed by atoms with Crippen molar-refractivity contribution in [2.45, 2.75) is 18.9 Å². The first-order valence-corrected chi connectivity index (χ1v) is 6.69. The molecular weight excluding hydrogens is 276 g/mol. The summed E-state index contributed by atoms with van der Waals surface area (Å²) in [5.74, 6) is -0.896. The van der Waals surface area contributed by atoms with Gasteiger partial charge in [0.25, 0.3) is 5.69 Å². The van der Waals surface area contributed by atoms with E-state index < -0.39 is 10.9 Å². The molecule has 0 amide bonds. The molecule has 0 bridgehead atoms. The van der Waals surface area contributed by atoms with Crippen molar-refractivity contribution in [3.8, 4) is 0 Å². The van der Waals surface area contributed by atoms with Crippen LogP contribution < -0.4 is 4.90 Å². The van der Waals surface area contributed by atoms with Gasteiger partial charge in [0, 0.05) is 25.2 Å². The molecule has 1 atom stereocenters. The minimum absolute atomic E-state index is 0.122. The molecule has 2 heterocycles. The monoisotopic (exact) mass is 294 g/mol. The molecule has 0 aliphatic carbocycles. The first kappa shape index (κ1) is 15.2. The Morgan fingerprint density at radius 1 is 1.57 bits per heavy atom. The van der Waals surface area contributed by atoms with Crippen molar-refractivity contribution in [3.63, 3.8) is 0 Å². The van der Waals surface area contributed by atoms with Gasteiger partial charge in [0.2, 0.25) is 0 Å². The maximum absolute atomic E-state index is 11.4. The molecule has 1 aliphatic heterocycles. The van der Waals surface area contributed by atoms with Gasteiger partial charge >= 0.3 is 5.97 Å². The van der Waals surface area contributed by atoms with E-state index in [0.717, 1.165) is 25.1 Å². The van der Waals surface area contributed by atoms with Crippen LogP contribution in [0.5, 0.6) is 0 Å². The number of nitrogens with zero attached hydrogens (tertiary/aromatic N) is 4. The molecule has 1 unspecified atom stereocenters. The molecule has 0 saturated carbocycles. The van der Waals surface area contributed by atoms with E-state index in [1.807, 2.05) is 19.0 Å². The van der Waals surface area contributed by atoms with Crippen LogP contribution in [0.25, 0.3) is 0 Å². The van der Waals surface area contributed by atoms with Crippen LogP contribution in [0.2, 0.25) is 0 Å². The molecule has 0 spiro atoms. The fourth-order valence-corrected chi connectivity index (χ4v) is 2.52. The van der Waals surface area contributed by atoms with Gasteiger partial charge in [-0.25, -0.2) is 9.78 Å². The van der Waals surface area contributed by atoms with Crippen molar-refractivity contribution in [1.82, 2.24) is 9.88 Å². The molecule has 1 N–H and O–H groups in total. The first-order valence-electron chi connectivity index (χ1n) is 6.69. The topological polar surface area (TPSA) is 99.8 Å². The van der Waals surface area contributed by atoms with E-state index in [0.29, 0.717) is 24.9 Å². The Kier molecular flexibility index (Phi) is 4.37. The summed E-state index contributed by atoms with van der Waals surface area (Å²) in [7, 11) is 3.96. The minimum Gasteiger partial charge on any atom is -0.478 e. The molecule has 1 aliphatic rings. The Morgan fingerprint density at radius 3 is 2.86 bits per heavy atom. The minimum atomic E-state index is -1.20. The number of aromatic carboxylic acids is 1. The summed E-state index contributed by atoms with van der Waals surface area (Å²) in [6.07, 6.45) is 3.08. The number of piperidine rings is 1. The van der Waals surface area contributed by atoms with Crippen LogP contribution in [-0.4, -0.2) is 59.1 Å². The quantitative estimate of drug-likeness (QED) is 0.658. The molecule has 114 valence electrons. The zero-order chi connectivity index (χ0) is 15.6. The zero-order valence-electron chi connectivity index (χ0n) is 12.0. The number of hydrogen-bond acceptors (Lipinski definition) is 6. The van der Waals surface area contributed by atoms with E-state index in [9.17, 15) is 20.0 Å². The van der Waals surface area contributed by atoms with Crippen LogP contribution >= 0.6 is 0 Å². The molecule has 8 heteroatoms. The molecule has 0 aromatic carbocycles. The molecule has 21 heavy (non-hydrogen) atoms. The maximum Gasteiger partial charge on any atom is 0.339 e. The average Bonchev–Trinajstić information content (AvgIpc) is 2.46. The molecule has 1 fully saturated rings. The largest absolute Gasteiger partial charge is 0.478 e. The summed E-state index contributed by atoms with van der Waals surface area (Å²) >= 11 is 0. The second-order valence-corrected chi connectivity index (χ2v) is 5.33. The van der Waals surface area contributed by atoms with Crippen LogP contribution in [0.15, 0.2) is 12.3 Å². The average molecular weight is 294 g/mol. The highest BCUT2D eigenvalue weighted by Gasteiger charge is 2.27. The molecule has 0 radical (unpaired) electrons. The van der Waals surface area contributed by atoms with E-state index >= 15 is 0 Å². The Morgan fingerprint density at radius 2 is 2.29 bits per heavy atom. The smallest absolute Gasteiger partial charge is 0.339 e. The third-order valence-electron chi connectivity index (χ3n) is 3.72. The molecule has 1 saturated heterocycles. The molecule has 2 rings (SSSR count). The summed E-state index contributed by atoms with van der Waals surface area (Å²) in [4.78, 5) is 29.5. The Labute approximate surface area is 122 Å². The lowest BCUT2D eigenvalue weighted by Gasteiger charge is -2.37. The van der Waals surface area contributed by atoms with Crippen molar-refractivity contribution < 1.29 is 14.8 Å². The van der Waals surface area contributed by atoms with Crippen molar-refractivity contribution >= 4 is 17.5 Å². The van der Waals surface area contributed by atoms with Gasteiger partial charge in [0.1, 0.15) is 17.6 Å². The maximum atomic E-state index is 11.4. The molecule has 1 aromatic heterocycles. The zero-order valence-corrected chi connectivity index (χ0v) is 12.0. The van der Waals surface area contributed by atoms with E-state index in [-0.39, 0.29) is 11.3 Å². The number of carboxylic acids is 1. The number of likely N-dealkylation sites (N-methyl/N-ethyl adjacent to an activating group) is 1. The van der Waals surface area contributed by atoms with Crippen LogP contribution in [-0.2, 0) is 0 Å². The number of hydrogen-bond donors (Lipinski definition) is 1. The Bertz CT molecular complexity index is 561. The summed E-state index contributed by atoms with van der Waals surface area (Å²) in [5.41, 5.74) is -0.430. The van der Waals surface area contributed by atoms with Gasteiger partial charge in [-0.1, -0.05) is 0 Å². The highest BCUT2D eigenvalue weighted by molar-refractivity contribution is 5.94. The molecule has 8 nitrogen and oxygen atoms in total. The number of carboxylic acid groups (broad SMARTS) is 1. The van der Waals surface area contributed by atoms with Crippen molar-refractivity contribution in [1.29, 1.82) is 0 Å². The second-order valence-electron chi connectivity index (χ2n) is 5.33. The van der Waals surface area contributed by atoms with Gasteiger partial charge in [0.05, 0.1) is 4.92 Å². The lowest BCUT2D eigenvalue weighted by atomic mass is 10.0. The number of rotatable bonds is 4. The van der Waals surface area contributed by atoms with E-state index in [1.165, 1.54) is 0 Å². The van der Waals surface area contributed by atoms with E-state index in [2.05, 4.69) is 9.88 Å². The van der Waals surface area contributed by atoms with E-state index in [4.69, 9.17) is 0 Å². The highest BCUT2D eigenvalue weighted by Crippen LogP contribution is 2.26. The number of nitro groups is 1. The van der Waals surface area contributed by atoms with Gasteiger partial charge in [0.15, 0.2) is 0 Å². The predicted molar refractivity (Wildman–Crippen MR) is 76.8 cm³/mol. The van der Waals surface area contributed by atoms with Gasteiger partial charge < -0.3 is 14.9 Å². The summed E-state index contributed by atoms with van der Waals surface area (Å²) in [6.45, 7) is 1.37. The van der Waals surface area contributed by atoms with Gasteiger partial charge in [-0.2, -0.15) is 0 Å². The third kappa shape index (κ3) is 3.27. The summed E-state index contributed by atoms with van der Waals surface area (Å²) in [5, 5.41) is 20.0. The molecular formula is C13H18N4O4. The standard InChI is InChI=1S/C13H18N4O4/c1-15(2)9-4-3-5-16(8-9)12-11(13(18)19)6-10(7-14-12)17(20)21/h6-7,9H,3-5,8H2,1-2H3,(H,18,19). The number of carbonyl (C=O) groups is 1.